The Morgan fingerprint density at radius 1 is 1.54 bits per heavy atom. The van der Waals surface area contributed by atoms with E-state index in [4.69, 9.17) is 5.11 Å². The zero-order valence-corrected chi connectivity index (χ0v) is 7.27. The lowest BCUT2D eigenvalue weighted by molar-refractivity contribution is -0.145. The van der Waals surface area contributed by atoms with Crippen molar-refractivity contribution in [3.63, 3.8) is 0 Å². The predicted molar refractivity (Wildman–Crippen MR) is 41.5 cm³/mol. The number of hydrogen-bond acceptors (Lipinski definition) is 4. The molecule has 1 saturated heterocycles. The minimum Gasteiger partial charge on any atom is -0.480 e. The highest BCUT2D eigenvalue weighted by molar-refractivity contribution is 6.43. The third-order valence-electron chi connectivity index (χ3n) is 1.72. The van der Waals surface area contributed by atoms with Gasteiger partial charge in [-0.3, -0.25) is 14.6 Å². The van der Waals surface area contributed by atoms with Gasteiger partial charge in [0.05, 0.1) is 0 Å². The van der Waals surface area contributed by atoms with Gasteiger partial charge in [0.25, 0.3) is 5.78 Å². The van der Waals surface area contributed by atoms with Gasteiger partial charge in [-0.25, -0.2) is 10.2 Å². The number of rotatable bonds is 2. The molecule has 0 aliphatic carbocycles. The monoisotopic (exact) mass is 186 g/mol. The van der Waals surface area contributed by atoms with E-state index in [1.807, 2.05) is 0 Å². The fourth-order valence-electron chi connectivity index (χ4n) is 1.05. The van der Waals surface area contributed by atoms with E-state index in [2.05, 4.69) is 5.43 Å². The SMILES string of the molecule is CC(C)N1NC(C(=O)O)C(=O)C1=O. The summed E-state index contributed by atoms with van der Waals surface area (Å²) in [4.78, 5) is 32.6. The van der Waals surface area contributed by atoms with Gasteiger partial charge in [0, 0.05) is 6.04 Å². The minimum absolute atomic E-state index is 0.235. The standard InChI is InChI=1S/C7H10N2O4/c1-3(2)9-6(11)5(10)4(8-9)7(12)13/h3-4,8H,1-2H3,(H,12,13). The maximum Gasteiger partial charge on any atom is 0.330 e. The molecule has 0 aromatic carbocycles. The van der Waals surface area contributed by atoms with Gasteiger partial charge in [-0.15, -0.1) is 0 Å². The van der Waals surface area contributed by atoms with Gasteiger partial charge in [0.1, 0.15) is 0 Å². The Hall–Kier alpha value is -1.43. The lowest BCUT2D eigenvalue weighted by Crippen LogP contribution is -2.44. The number of aliphatic carboxylic acids is 1. The Bertz CT molecular complexity index is 274. The smallest absolute Gasteiger partial charge is 0.330 e. The maximum absolute atomic E-state index is 11.1. The highest BCUT2D eigenvalue weighted by atomic mass is 16.4. The van der Waals surface area contributed by atoms with Crippen molar-refractivity contribution in [1.29, 1.82) is 0 Å². The summed E-state index contributed by atoms with van der Waals surface area (Å²) in [5.74, 6) is -3.04. The molecule has 0 aromatic rings. The largest absolute Gasteiger partial charge is 0.480 e. The Kier molecular flexibility index (Phi) is 2.33. The van der Waals surface area contributed by atoms with Gasteiger partial charge in [-0.1, -0.05) is 0 Å². The third-order valence-corrected chi connectivity index (χ3v) is 1.72. The summed E-state index contributed by atoms with van der Waals surface area (Å²) in [7, 11) is 0. The van der Waals surface area contributed by atoms with E-state index in [1.54, 1.807) is 13.8 Å². The summed E-state index contributed by atoms with van der Waals surface area (Å²) < 4.78 is 0. The molecule has 1 aliphatic heterocycles. The molecule has 13 heavy (non-hydrogen) atoms. The van der Waals surface area contributed by atoms with Crippen LogP contribution in [0.4, 0.5) is 0 Å². The van der Waals surface area contributed by atoms with Crippen LogP contribution in [-0.2, 0) is 14.4 Å². The number of hydrogen-bond donors (Lipinski definition) is 2. The van der Waals surface area contributed by atoms with Crippen LogP contribution in [0.5, 0.6) is 0 Å². The molecule has 1 heterocycles. The zero-order chi connectivity index (χ0) is 10.2. The second kappa shape index (κ2) is 3.14. The zero-order valence-electron chi connectivity index (χ0n) is 7.27. The Labute approximate surface area is 74.5 Å². The maximum atomic E-state index is 11.1. The number of carboxylic acid groups (broad SMARTS) is 1. The average molecular weight is 186 g/mol. The highest BCUT2D eigenvalue weighted by Crippen LogP contribution is 2.07. The van der Waals surface area contributed by atoms with E-state index in [0.29, 0.717) is 0 Å². The number of carboxylic acids is 1. The first-order valence-electron chi connectivity index (χ1n) is 3.81. The number of amides is 1. The summed E-state index contributed by atoms with van der Waals surface area (Å²) in [6.45, 7) is 3.37. The molecule has 1 aliphatic rings. The van der Waals surface area contributed by atoms with E-state index in [9.17, 15) is 14.4 Å². The second-order valence-electron chi connectivity index (χ2n) is 3.03. The van der Waals surface area contributed by atoms with Crippen molar-refractivity contribution < 1.29 is 19.5 Å². The summed E-state index contributed by atoms with van der Waals surface area (Å²) in [5, 5.41) is 9.57. The summed E-state index contributed by atoms with van der Waals surface area (Å²) >= 11 is 0. The van der Waals surface area contributed by atoms with Crippen LogP contribution < -0.4 is 5.43 Å². The first-order chi connectivity index (χ1) is 5.95. The molecule has 0 spiro atoms. The number of ketones is 1. The first kappa shape index (κ1) is 9.66. The van der Waals surface area contributed by atoms with Gasteiger partial charge in [0.2, 0.25) is 0 Å². The van der Waals surface area contributed by atoms with Crippen molar-refractivity contribution in [2.24, 2.45) is 0 Å². The molecule has 6 heteroatoms. The van der Waals surface area contributed by atoms with Gasteiger partial charge in [-0.2, -0.15) is 0 Å². The van der Waals surface area contributed by atoms with E-state index in [-0.39, 0.29) is 6.04 Å². The summed E-state index contributed by atoms with van der Waals surface area (Å²) in [6.07, 6.45) is 0. The van der Waals surface area contributed by atoms with Gasteiger partial charge >= 0.3 is 11.9 Å². The molecule has 72 valence electrons. The van der Waals surface area contributed by atoms with E-state index < -0.39 is 23.7 Å². The van der Waals surface area contributed by atoms with Gasteiger partial charge < -0.3 is 5.11 Å². The quantitative estimate of drug-likeness (QED) is 0.416. The normalized spacial score (nSPS) is 23.0. The number of hydrazine groups is 1. The molecule has 0 bridgehead atoms. The van der Waals surface area contributed by atoms with Crippen molar-refractivity contribution in [3.05, 3.63) is 0 Å². The average Bonchev–Trinajstić information content (AvgIpc) is 2.29. The lowest BCUT2D eigenvalue weighted by atomic mass is 10.2. The molecular weight excluding hydrogens is 176 g/mol. The molecule has 1 rings (SSSR count). The highest BCUT2D eigenvalue weighted by Gasteiger charge is 2.43. The third kappa shape index (κ3) is 1.52. The van der Waals surface area contributed by atoms with Crippen LogP contribution in [0.2, 0.25) is 0 Å². The molecular formula is C7H10N2O4. The topological polar surface area (TPSA) is 86.7 Å². The fraction of sp³-hybridized carbons (Fsp3) is 0.571. The molecule has 1 unspecified atom stereocenters. The van der Waals surface area contributed by atoms with Gasteiger partial charge in [-0.05, 0) is 13.8 Å². The first-order valence-corrected chi connectivity index (χ1v) is 3.81. The van der Waals surface area contributed by atoms with Crippen LogP contribution in [0, 0.1) is 0 Å². The molecule has 0 radical (unpaired) electrons. The molecule has 0 saturated carbocycles. The number of nitrogens with one attached hydrogen (secondary N) is 1. The van der Waals surface area contributed by atoms with E-state index >= 15 is 0 Å². The minimum atomic E-state index is -1.42. The molecule has 1 amide bonds. The molecule has 2 N–H and O–H groups in total. The number of carbonyl (C=O) groups is 3. The Balaban J connectivity index is 2.85. The molecule has 1 fully saturated rings. The lowest BCUT2D eigenvalue weighted by Gasteiger charge is -2.19. The van der Waals surface area contributed by atoms with Crippen molar-refractivity contribution in [3.8, 4) is 0 Å². The molecule has 0 aromatic heterocycles. The fourth-order valence-corrected chi connectivity index (χ4v) is 1.05. The number of nitrogens with zero attached hydrogens (tertiary/aromatic N) is 1. The van der Waals surface area contributed by atoms with Crippen LogP contribution >= 0.6 is 0 Å². The van der Waals surface area contributed by atoms with Crippen molar-refractivity contribution in [2.45, 2.75) is 25.9 Å². The van der Waals surface area contributed by atoms with Crippen molar-refractivity contribution in [2.75, 3.05) is 0 Å². The summed E-state index contributed by atoms with van der Waals surface area (Å²) in [5.41, 5.74) is 2.32. The van der Waals surface area contributed by atoms with Crippen LogP contribution in [0.15, 0.2) is 0 Å². The van der Waals surface area contributed by atoms with Crippen LogP contribution in [0.3, 0.4) is 0 Å². The van der Waals surface area contributed by atoms with E-state index in [1.165, 1.54) is 0 Å². The van der Waals surface area contributed by atoms with Crippen LogP contribution in [-0.4, -0.2) is 39.9 Å². The van der Waals surface area contributed by atoms with Gasteiger partial charge in [0.15, 0.2) is 6.04 Å². The second-order valence-corrected chi connectivity index (χ2v) is 3.03. The summed E-state index contributed by atoms with van der Waals surface area (Å²) in [6, 6.07) is -1.66. The number of Topliss-reactive ketones (excluding diaryl/α,β-unsaturated/α-hetero) is 1. The Morgan fingerprint density at radius 2 is 2.08 bits per heavy atom. The van der Waals surface area contributed by atoms with E-state index in [0.717, 1.165) is 5.01 Å². The van der Waals surface area contributed by atoms with Crippen molar-refractivity contribution in [1.82, 2.24) is 10.4 Å². The van der Waals surface area contributed by atoms with Crippen LogP contribution in [0.1, 0.15) is 13.8 Å². The molecule has 1 atom stereocenters. The molecule has 6 nitrogen and oxygen atoms in total. The van der Waals surface area contributed by atoms with Crippen LogP contribution in [0.25, 0.3) is 0 Å². The predicted octanol–water partition coefficient (Wildman–Crippen LogP) is -1.24. The number of carbonyl (C=O) groups excluding carboxylic acids is 2. The van der Waals surface area contributed by atoms with Crippen molar-refractivity contribution >= 4 is 17.7 Å². The Morgan fingerprint density at radius 3 is 2.31 bits per heavy atom.